The average molecular weight is 366 g/mol. The summed E-state index contributed by atoms with van der Waals surface area (Å²) in [5.74, 6) is 0.365. The molecule has 0 radical (unpaired) electrons. The molecule has 26 heavy (non-hydrogen) atoms. The molecule has 2 aromatic carbocycles. The number of carbonyl (C=O) groups excluding carboxylic acids is 1. The van der Waals surface area contributed by atoms with E-state index in [0.717, 1.165) is 22.3 Å². The van der Waals surface area contributed by atoms with E-state index < -0.39 is 0 Å². The van der Waals surface area contributed by atoms with Gasteiger partial charge in [0.25, 0.3) is 0 Å². The Morgan fingerprint density at radius 3 is 2.58 bits per heavy atom. The molecule has 1 amide bonds. The Hall–Kier alpha value is -2.40. The van der Waals surface area contributed by atoms with Crippen molar-refractivity contribution in [3.05, 3.63) is 66.5 Å². The lowest BCUT2D eigenvalue weighted by molar-refractivity contribution is -0.120. The first-order valence-electron chi connectivity index (χ1n) is 8.88. The van der Waals surface area contributed by atoms with Gasteiger partial charge in [-0.15, -0.1) is 0 Å². The van der Waals surface area contributed by atoms with E-state index in [-0.39, 0.29) is 11.2 Å². The van der Waals surface area contributed by atoms with Crippen LogP contribution >= 0.6 is 11.8 Å². The molecule has 1 heterocycles. The Morgan fingerprint density at radius 1 is 1.08 bits per heavy atom. The number of aromatic nitrogens is 2. The summed E-state index contributed by atoms with van der Waals surface area (Å²) in [4.78, 5) is 21.2. The van der Waals surface area contributed by atoms with Crippen molar-refractivity contribution in [3.8, 4) is 0 Å². The molecule has 0 aliphatic carbocycles. The van der Waals surface area contributed by atoms with Crippen LogP contribution in [0.4, 0.5) is 0 Å². The maximum atomic E-state index is 12.6. The van der Waals surface area contributed by atoms with Crippen molar-refractivity contribution in [2.45, 2.75) is 36.5 Å². The standard InChI is InChI=1S/C21H23N3OS/c1-3-16(17-9-5-4-6-10-17)13-22-20(25)15(2)26-21-18-11-7-8-12-19(18)23-14-24-21/h4-12,14-16H,3,13H2,1-2H3,(H,22,25)/t15-,16+/m1/s1. The van der Waals surface area contributed by atoms with Crippen LogP contribution in [0.25, 0.3) is 10.9 Å². The molecule has 0 aliphatic heterocycles. The molecule has 0 saturated carbocycles. The van der Waals surface area contributed by atoms with Crippen LogP contribution in [0.15, 0.2) is 66.0 Å². The summed E-state index contributed by atoms with van der Waals surface area (Å²) < 4.78 is 0. The lowest BCUT2D eigenvalue weighted by Crippen LogP contribution is -2.34. The van der Waals surface area contributed by atoms with Gasteiger partial charge in [0.1, 0.15) is 11.4 Å². The van der Waals surface area contributed by atoms with E-state index in [9.17, 15) is 4.79 Å². The zero-order valence-electron chi connectivity index (χ0n) is 15.1. The molecule has 0 saturated heterocycles. The highest BCUT2D eigenvalue weighted by atomic mass is 32.2. The molecule has 0 aliphatic rings. The van der Waals surface area contributed by atoms with Gasteiger partial charge in [0.2, 0.25) is 5.91 Å². The number of carbonyl (C=O) groups is 1. The molecule has 0 unspecified atom stereocenters. The minimum Gasteiger partial charge on any atom is -0.355 e. The predicted molar refractivity (Wildman–Crippen MR) is 107 cm³/mol. The largest absolute Gasteiger partial charge is 0.355 e. The second-order valence-corrected chi connectivity index (χ2v) is 7.55. The minimum absolute atomic E-state index is 0.0343. The zero-order chi connectivity index (χ0) is 18.4. The molecule has 2 atom stereocenters. The normalized spacial score (nSPS) is 13.3. The van der Waals surface area contributed by atoms with E-state index in [1.54, 1.807) is 6.33 Å². The van der Waals surface area contributed by atoms with Gasteiger partial charge in [-0.3, -0.25) is 4.79 Å². The second kappa shape index (κ2) is 8.81. The number of para-hydroxylation sites is 1. The van der Waals surface area contributed by atoms with E-state index in [1.165, 1.54) is 17.3 Å². The van der Waals surface area contributed by atoms with Crippen molar-refractivity contribution < 1.29 is 4.79 Å². The van der Waals surface area contributed by atoms with E-state index in [0.29, 0.717) is 12.5 Å². The van der Waals surface area contributed by atoms with Crippen LogP contribution in [-0.4, -0.2) is 27.7 Å². The maximum Gasteiger partial charge on any atom is 0.233 e. The van der Waals surface area contributed by atoms with Gasteiger partial charge in [-0.05, 0) is 25.0 Å². The number of amides is 1. The second-order valence-electron chi connectivity index (χ2n) is 6.22. The lowest BCUT2D eigenvalue weighted by atomic mass is 9.96. The van der Waals surface area contributed by atoms with Gasteiger partial charge in [0.15, 0.2) is 0 Å². The fourth-order valence-electron chi connectivity index (χ4n) is 2.89. The zero-order valence-corrected chi connectivity index (χ0v) is 15.9. The highest BCUT2D eigenvalue weighted by Crippen LogP contribution is 2.28. The summed E-state index contributed by atoms with van der Waals surface area (Å²) in [6.07, 6.45) is 2.54. The first kappa shape index (κ1) is 18.4. The Bertz CT molecular complexity index is 864. The number of rotatable bonds is 7. The van der Waals surface area contributed by atoms with Crippen LogP contribution in [0.1, 0.15) is 31.7 Å². The van der Waals surface area contributed by atoms with Crippen molar-refractivity contribution in [1.29, 1.82) is 0 Å². The van der Waals surface area contributed by atoms with Crippen LogP contribution in [0.2, 0.25) is 0 Å². The average Bonchev–Trinajstić information content (AvgIpc) is 2.69. The summed E-state index contributed by atoms with van der Waals surface area (Å²) in [7, 11) is 0. The summed E-state index contributed by atoms with van der Waals surface area (Å²) in [6, 6.07) is 18.2. The number of hydrogen-bond donors (Lipinski definition) is 1. The Morgan fingerprint density at radius 2 is 1.81 bits per heavy atom. The van der Waals surface area contributed by atoms with E-state index in [2.05, 4.69) is 34.3 Å². The van der Waals surface area contributed by atoms with Gasteiger partial charge in [-0.25, -0.2) is 9.97 Å². The summed E-state index contributed by atoms with van der Waals surface area (Å²) in [5.41, 5.74) is 2.16. The van der Waals surface area contributed by atoms with Crippen LogP contribution < -0.4 is 5.32 Å². The van der Waals surface area contributed by atoms with E-state index in [4.69, 9.17) is 0 Å². The van der Waals surface area contributed by atoms with Gasteiger partial charge < -0.3 is 5.32 Å². The third kappa shape index (κ3) is 4.41. The monoisotopic (exact) mass is 365 g/mol. The van der Waals surface area contributed by atoms with Crippen LogP contribution in [0.3, 0.4) is 0 Å². The smallest absolute Gasteiger partial charge is 0.233 e. The highest BCUT2D eigenvalue weighted by molar-refractivity contribution is 8.00. The third-order valence-electron chi connectivity index (χ3n) is 4.45. The number of nitrogens with zero attached hydrogens (tertiary/aromatic N) is 2. The molecule has 134 valence electrons. The van der Waals surface area contributed by atoms with Crippen molar-refractivity contribution in [2.75, 3.05) is 6.54 Å². The molecule has 1 N–H and O–H groups in total. The molecule has 3 aromatic rings. The molecule has 3 rings (SSSR count). The predicted octanol–water partition coefficient (Wildman–Crippen LogP) is 4.42. The Kier molecular flexibility index (Phi) is 6.23. The van der Waals surface area contributed by atoms with Gasteiger partial charge >= 0.3 is 0 Å². The highest BCUT2D eigenvalue weighted by Gasteiger charge is 2.18. The van der Waals surface area contributed by atoms with Gasteiger partial charge in [-0.1, -0.05) is 67.2 Å². The number of thioether (sulfide) groups is 1. The minimum atomic E-state index is -0.221. The quantitative estimate of drug-likeness (QED) is 0.497. The number of hydrogen-bond acceptors (Lipinski definition) is 4. The summed E-state index contributed by atoms with van der Waals surface area (Å²) in [5, 5.41) is 4.70. The van der Waals surface area contributed by atoms with E-state index >= 15 is 0 Å². The number of benzene rings is 2. The van der Waals surface area contributed by atoms with Gasteiger partial charge in [-0.2, -0.15) is 0 Å². The van der Waals surface area contributed by atoms with Crippen molar-refractivity contribution >= 4 is 28.6 Å². The van der Waals surface area contributed by atoms with E-state index in [1.807, 2.05) is 49.4 Å². The van der Waals surface area contributed by atoms with Gasteiger partial charge in [0, 0.05) is 17.8 Å². The van der Waals surface area contributed by atoms with Crippen LogP contribution in [-0.2, 0) is 4.79 Å². The molecule has 5 heteroatoms. The first-order valence-corrected chi connectivity index (χ1v) is 9.76. The van der Waals surface area contributed by atoms with Crippen LogP contribution in [0, 0.1) is 0 Å². The van der Waals surface area contributed by atoms with Crippen molar-refractivity contribution in [2.24, 2.45) is 0 Å². The Labute approximate surface area is 158 Å². The topological polar surface area (TPSA) is 54.9 Å². The number of nitrogens with one attached hydrogen (secondary N) is 1. The van der Waals surface area contributed by atoms with Crippen molar-refractivity contribution in [3.63, 3.8) is 0 Å². The molecule has 1 aromatic heterocycles. The number of fused-ring (bicyclic) bond motifs is 1. The fourth-order valence-corrected chi connectivity index (χ4v) is 3.82. The Balaban J connectivity index is 1.62. The molecule has 0 fully saturated rings. The molecule has 0 bridgehead atoms. The lowest BCUT2D eigenvalue weighted by Gasteiger charge is -2.18. The fraction of sp³-hybridized carbons (Fsp3) is 0.286. The molecule has 0 spiro atoms. The summed E-state index contributed by atoms with van der Waals surface area (Å²) >= 11 is 1.47. The molecular weight excluding hydrogens is 342 g/mol. The molecular formula is C21H23N3OS. The maximum absolute atomic E-state index is 12.6. The SMILES string of the molecule is CC[C@@H](CNC(=O)[C@@H](C)Sc1ncnc2ccccc12)c1ccccc1. The summed E-state index contributed by atoms with van der Waals surface area (Å²) in [6.45, 7) is 4.71. The first-order chi connectivity index (χ1) is 12.7. The van der Waals surface area contributed by atoms with Crippen molar-refractivity contribution in [1.82, 2.24) is 15.3 Å². The molecule has 4 nitrogen and oxygen atoms in total. The van der Waals surface area contributed by atoms with Gasteiger partial charge in [0.05, 0.1) is 10.8 Å². The third-order valence-corrected chi connectivity index (χ3v) is 5.57. The van der Waals surface area contributed by atoms with Crippen LogP contribution in [0.5, 0.6) is 0 Å².